The second-order valence-electron chi connectivity index (χ2n) is 3.44. The first kappa shape index (κ1) is 13.3. The van der Waals surface area contributed by atoms with Crippen molar-refractivity contribution in [2.24, 2.45) is 7.05 Å². The van der Waals surface area contributed by atoms with Gasteiger partial charge in [0.15, 0.2) is 10.2 Å². The molecule has 9 heteroatoms. The zero-order valence-corrected chi connectivity index (χ0v) is 11.1. The Morgan fingerprint density at radius 3 is 3.00 bits per heavy atom. The van der Waals surface area contributed by atoms with Gasteiger partial charge in [-0.15, -0.1) is 5.10 Å². The van der Waals surface area contributed by atoms with Crippen molar-refractivity contribution in [3.05, 3.63) is 28.4 Å². The minimum absolute atomic E-state index is 0.0616. The fraction of sp³-hybridized carbons (Fsp3) is 0.300. The van der Waals surface area contributed by atoms with E-state index in [-0.39, 0.29) is 10.7 Å². The van der Waals surface area contributed by atoms with E-state index in [0.29, 0.717) is 17.8 Å². The first-order chi connectivity index (χ1) is 9.13. The largest absolute Gasteiger partial charge is 0.464 e. The summed E-state index contributed by atoms with van der Waals surface area (Å²) >= 11 is 1.07. The van der Waals surface area contributed by atoms with E-state index in [1.165, 1.54) is 18.3 Å². The summed E-state index contributed by atoms with van der Waals surface area (Å²) in [5, 5.41) is 19.4. The van der Waals surface area contributed by atoms with Crippen molar-refractivity contribution in [3.63, 3.8) is 0 Å². The van der Waals surface area contributed by atoms with E-state index in [1.54, 1.807) is 11.6 Å². The van der Waals surface area contributed by atoms with Gasteiger partial charge in [0, 0.05) is 19.3 Å². The lowest BCUT2D eigenvalue weighted by atomic mass is 10.4. The van der Waals surface area contributed by atoms with Crippen molar-refractivity contribution in [3.8, 4) is 6.01 Å². The molecule has 0 spiro atoms. The number of ether oxygens (including phenoxy) is 1. The lowest BCUT2D eigenvalue weighted by molar-refractivity contribution is -0.388. The third-order valence-electron chi connectivity index (χ3n) is 2.20. The van der Waals surface area contributed by atoms with Crippen molar-refractivity contribution in [1.29, 1.82) is 0 Å². The van der Waals surface area contributed by atoms with Gasteiger partial charge in [0.25, 0.3) is 0 Å². The van der Waals surface area contributed by atoms with Gasteiger partial charge >= 0.3 is 11.7 Å². The molecule has 0 fully saturated rings. The molecule has 2 rings (SSSR count). The molecule has 0 radical (unpaired) electrons. The summed E-state index contributed by atoms with van der Waals surface area (Å²) < 4.78 is 6.87. The molecule has 0 aliphatic rings. The molecular formula is C10H11N5O3S. The van der Waals surface area contributed by atoms with Crippen LogP contribution in [0.1, 0.15) is 6.92 Å². The van der Waals surface area contributed by atoms with Crippen molar-refractivity contribution in [2.45, 2.75) is 17.1 Å². The van der Waals surface area contributed by atoms with E-state index in [0.717, 1.165) is 11.8 Å². The maximum Gasteiger partial charge on any atom is 0.317 e. The van der Waals surface area contributed by atoms with Crippen molar-refractivity contribution >= 4 is 17.4 Å². The Morgan fingerprint density at radius 1 is 1.53 bits per heavy atom. The van der Waals surface area contributed by atoms with Crippen LogP contribution in [-0.4, -0.2) is 31.3 Å². The summed E-state index contributed by atoms with van der Waals surface area (Å²) in [5.74, 6) is 0. The van der Waals surface area contributed by atoms with Gasteiger partial charge in [-0.2, -0.15) is 0 Å². The van der Waals surface area contributed by atoms with Crippen molar-refractivity contribution < 1.29 is 9.66 Å². The van der Waals surface area contributed by atoms with Gasteiger partial charge in [0.05, 0.1) is 11.5 Å². The summed E-state index contributed by atoms with van der Waals surface area (Å²) in [6, 6.07) is 3.28. The summed E-state index contributed by atoms with van der Waals surface area (Å²) in [6.45, 7) is 2.31. The summed E-state index contributed by atoms with van der Waals surface area (Å²) in [6.07, 6.45) is 1.50. The molecule has 2 aromatic heterocycles. The van der Waals surface area contributed by atoms with E-state index >= 15 is 0 Å². The summed E-state index contributed by atoms with van der Waals surface area (Å²) in [7, 11) is 1.72. The van der Waals surface area contributed by atoms with Crippen LogP contribution in [0.3, 0.4) is 0 Å². The number of nitrogens with zero attached hydrogens (tertiary/aromatic N) is 5. The molecule has 2 aromatic rings. The van der Waals surface area contributed by atoms with Gasteiger partial charge in [0.1, 0.15) is 0 Å². The molecule has 0 aliphatic carbocycles. The van der Waals surface area contributed by atoms with Crippen LogP contribution in [0, 0.1) is 10.1 Å². The standard InChI is InChI=1S/C10H11N5O3S/c1-3-18-9-12-13-10(14(9)2)19-8-7(15(16)17)5-4-6-11-8/h4-6H,3H2,1-2H3. The molecule has 0 aliphatic heterocycles. The third-order valence-corrected chi connectivity index (χ3v) is 3.25. The number of pyridine rings is 1. The van der Waals surface area contributed by atoms with Gasteiger partial charge in [-0.1, -0.05) is 5.10 Å². The topological polar surface area (TPSA) is 96.0 Å². The molecule has 0 atom stereocenters. The van der Waals surface area contributed by atoms with Crippen LogP contribution in [0.4, 0.5) is 5.69 Å². The normalized spacial score (nSPS) is 10.4. The van der Waals surface area contributed by atoms with Crippen LogP contribution >= 0.6 is 11.8 Å². The Balaban J connectivity index is 2.29. The van der Waals surface area contributed by atoms with Gasteiger partial charge in [-0.3, -0.25) is 14.7 Å². The van der Waals surface area contributed by atoms with E-state index in [4.69, 9.17) is 4.74 Å². The van der Waals surface area contributed by atoms with E-state index in [9.17, 15) is 10.1 Å². The number of hydrogen-bond donors (Lipinski definition) is 0. The third kappa shape index (κ3) is 2.81. The quantitative estimate of drug-likeness (QED) is 0.607. The molecule has 0 saturated carbocycles. The van der Waals surface area contributed by atoms with Gasteiger partial charge in [0.2, 0.25) is 0 Å². The highest BCUT2D eigenvalue weighted by Gasteiger charge is 2.19. The van der Waals surface area contributed by atoms with Gasteiger partial charge in [-0.25, -0.2) is 4.98 Å². The Bertz CT molecular complexity index is 601. The van der Waals surface area contributed by atoms with Crippen LogP contribution in [0.15, 0.2) is 28.5 Å². The number of nitro groups is 1. The van der Waals surface area contributed by atoms with Crippen molar-refractivity contribution in [1.82, 2.24) is 19.7 Å². The van der Waals surface area contributed by atoms with Crippen LogP contribution in [0.5, 0.6) is 6.01 Å². The lowest BCUT2D eigenvalue weighted by Crippen LogP contribution is -2.00. The van der Waals surface area contributed by atoms with Crippen LogP contribution in [0.2, 0.25) is 0 Å². The fourth-order valence-electron chi connectivity index (χ4n) is 1.33. The average Bonchev–Trinajstić information content (AvgIpc) is 2.73. The van der Waals surface area contributed by atoms with Gasteiger partial charge in [-0.05, 0) is 24.8 Å². The molecule has 100 valence electrons. The number of hydrogen-bond acceptors (Lipinski definition) is 7. The molecule has 0 bridgehead atoms. The number of rotatable bonds is 5. The average molecular weight is 281 g/mol. The predicted molar refractivity (Wildman–Crippen MR) is 67.2 cm³/mol. The Morgan fingerprint density at radius 2 is 2.32 bits per heavy atom. The second-order valence-corrected chi connectivity index (χ2v) is 4.40. The monoisotopic (exact) mass is 281 g/mol. The van der Waals surface area contributed by atoms with Crippen molar-refractivity contribution in [2.75, 3.05) is 6.61 Å². The second kappa shape index (κ2) is 5.65. The fourth-order valence-corrected chi connectivity index (χ4v) is 2.16. The van der Waals surface area contributed by atoms with Crippen LogP contribution < -0.4 is 4.74 Å². The molecule has 2 heterocycles. The maximum absolute atomic E-state index is 10.9. The lowest BCUT2D eigenvalue weighted by Gasteiger charge is -2.03. The van der Waals surface area contributed by atoms with Crippen LogP contribution in [0.25, 0.3) is 0 Å². The molecule has 0 aromatic carbocycles. The smallest absolute Gasteiger partial charge is 0.317 e. The first-order valence-electron chi connectivity index (χ1n) is 5.43. The molecule has 0 saturated heterocycles. The first-order valence-corrected chi connectivity index (χ1v) is 6.24. The Kier molecular flexibility index (Phi) is 3.95. The SMILES string of the molecule is CCOc1nnc(Sc2ncccc2[N+](=O)[O-])n1C. The zero-order valence-electron chi connectivity index (χ0n) is 10.3. The highest BCUT2D eigenvalue weighted by atomic mass is 32.2. The Hall–Kier alpha value is -2.16. The Labute approximate surface area is 113 Å². The van der Waals surface area contributed by atoms with Crippen LogP contribution in [-0.2, 0) is 7.05 Å². The zero-order chi connectivity index (χ0) is 13.8. The highest BCUT2D eigenvalue weighted by Crippen LogP contribution is 2.32. The predicted octanol–water partition coefficient (Wildman–Crippen LogP) is 1.67. The van der Waals surface area contributed by atoms with E-state index < -0.39 is 4.92 Å². The molecule has 0 unspecified atom stereocenters. The van der Waals surface area contributed by atoms with E-state index in [1.807, 2.05) is 6.92 Å². The molecule has 0 N–H and O–H groups in total. The molecule has 0 amide bonds. The molecule has 19 heavy (non-hydrogen) atoms. The molecular weight excluding hydrogens is 270 g/mol. The summed E-state index contributed by atoms with van der Waals surface area (Å²) in [5.41, 5.74) is -0.0616. The van der Waals surface area contributed by atoms with E-state index in [2.05, 4.69) is 15.2 Å². The molecule has 8 nitrogen and oxygen atoms in total. The minimum Gasteiger partial charge on any atom is -0.464 e. The van der Waals surface area contributed by atoms with Gasteiger partial charge < -0.3 is 4.74 Å². The number of aromatic nitrogens is 4. The maximum atomic E-state index is 10.9. The highest BCUT2D eigenvalue weighted by molar-refractivity contribution is 7.99. The summed E-state index contributed by atoms with van der Waals surface area (Å²) in [4.78, 5) is 14.4. The minimum atomic E-state index is -0.477.